The Kier molecular flexibility index (Phi) is 3.79. The molecule has 0 radical (unpaired) electrons. The number of aryl methyl sites for hydroxylation is 2. The first-order valence-corrected chi connectivity index (χ1v) is 5.12. The summed E-state index contributed by atoms with van der Waals surface area (Å²) < 4.78 is 4.52. The summed E-state index contributed by atoms with van der Waals surface area (Å²) in [6.07, 6.45) is 0.444. The number of hydrogen-bond donors (Lipinski definition) is 1. The van der Waals surface area contributed by atoms with Crippen LogP contribution in [0.5, 0.6) is 0 Å². The second kappa shape index (κ2) is 4.88. The molecule has 0 aliphatic rings. The number of carbonyl (C=O) groups excluding carboxylic acids is 1. The molecule has 5 nitrogen and oxygen atoms in total. The van der Waals surface area contributed by atoms with E-state index in [1.165, 1.54) is 18.4 Å². The normalized spacial score (nSPS) is 10.0. The molecule has 0 saturated carbocycles. The number of carbonyl (C=O) groups is 2. The molecule has 0 atom stereocenters. The van der Waals surface area contributed by atoms with Gasteiger partial charge in [0.2, 0.25) is 5.01 Å². The Balaban J connectivity index is 2.77. The molecule has 82 valence electrons. The molecule has 0 aromatic carbocycles. The van der Waals surface area contributed by atoms with Crippen molar-refractivity contribution in [1.29, 1.82) is 0 Å². The van der Waals surface area contributed by atoms with Gasteiger partial charge in [0.15, 0.2) is 0 Å². The van der Waals surface area contributed by atoms with E-state index in [1.54, 1.807) is 6.92 Å². The largest absolute Gasteiger partial charge is 0.481 e. The minimum atomic E-state index is -0.859. The summed E-state index contributed by atoms with van der Waals surface area (Å²) in [4.78, 5) is 26.3. The van der Waals surface area contributed by atoms with Gasteiger partial charge < -0.3 is 9.84 Å². The van der Waals surface area contributed by atoms with Crippen molar-refractivity contribution in [3.8, 4) is 0 Å². The number of thiazole rings is 1. The summed E-state index contributed by atoms with van der Waals surface area (Å²) >= 11 is 1.19. The number of carboxylic acids is 1. The smallest absolute Gasteiger partial charge is 0.367 e. The van der Waals surface area contributed by atoms with Gasteiger partial charge in [-0.25, -0.2) is 9.78 Å². The van der Waals surface area contributed by atoms with Gasteiger partial charge in [-0.3, -0.25) is 4.79 Å². The molecule has 0 amide bonds. The van der Waals surface area contributed by atoms with Crippen LogP contribution in [0.15, 0.2) is 0 Å². The monoisotopic (exact) mass is 229 g/mol. The van der Waals surface area contributed by atoms with E-state index in [-0.39, 0.29) is 11.4 Å². The number of hydrogen-bond acceptors (Lipinski definition) is 5. The molecular weight excluding hydrogens is 218 g/mol. The second-order valence-electron chi connectivity index (χ2n) is 2.91. The van der Waals surface area contributed by atoms with Crippen LogP contribution in [0.2, 0.25) is 0 Å². The highest BCUT2D eigenvalue weighted by Crippen LogP contribution is 2.20. The molecule has 0 saturated heterocycles. The summed E-state index contributed by atoms with van der Waals surface area (Å²) in [6.45, 7) is 1.75. The fourth-order valence-corrected chi connectivity index (χ4v) is 2.04. The molecule has 1 aromatic rings. The molecule has 1 rings (SSSR count). The summed E-state index contributed by atoms with van der Waals surface area (Å²) in [5, 5.41) is 8.79. The molecule has 0 fully saturated rings. The number of rotatable bonds is 4. The molecule has 15 heavy (non-hydrogen) atoms. The number of aromatic nitrogens is 1. The van der Waals surface area contributed by atoms with Gasteiger partial charge in [0.25, 0.3) is 0 Å². The maximum absolute atomic E-state index is 11.1. The highest BCUT2D eigenvalue weighted by atomic mass is 32.1. The molecule has 0 aliphatic heterocycles. The molecule has 6 heteroatoms. The van der Waals surface area contributed by atoms with E-state index in [4.69, 9.17) is 5.11 Å². The SMILES string of the molecule is COC(=O)c1nc(C)c(CCC(=O)O)s1. The van der Waals surface area contributed by atoms with Crippen LogP contribution in [0.1, 0.15) is 26.8 Å². The lowest BCUT2D eigenvalue weighted by Crippen LogP contribution is -1.99. The van der Waals surface area contributed by atoms with E-state index in [9.17, 15) is 9.59 Å². The Morgan fingerprint density at radius 2 is 2.20 bits per heavy atom. The zero-order chi connectivity index (χ0) is 11.4. The van der Waals surface area contributed by atoms with E-state index in [1.807, 2.05) is 0 Å². The fraction of sp³-hybridized carbons (Fsp3) is 0.444. The van der Waals surface area contributed by atoms with Gasteiger partial charge in [-0.1, -0.05) is 0 Å². The first-order chi connectivity index (χ1) is 7.04. The van der Waals surface area contributed by atoms with Gasteiger partial charge in [0.1, 0.15) is 0 Å². The van der Waals surface area contributed by atoms with Crippen molar-refractivity contribution in [3.05, 3.63) is 15.6 Å². The molecule has 0 spiro atoms. The van der Waals surface area contributed by atoms with Crippen LogP contribution in [0.25, 0.3) is 0 Å². The Hall–Kier alpha value is -1.43. The lowest BCUT2D eigenvalue weighted by Gasteiger charge is -1.93. The first-order valence-electron chi connectivity index (χ1n) is 4.31. The molecule has 0 aliphatic carbocycles. The maximum atomic E-state index is 11.1. The third-order valence-electron chi connectivity index (χ3n) is 1.82. The Morgan fingerprint density at radius 3 is 2.73 bits per heavy atom. The van der Waals surface area contributed by atoms with Gasteiger partial charge in [0, 0.05) is 4.88 Å². The molecule has 0 bridgehead atoms. The van der Waals surface area contributed by atoms with Crippen molar-refractivity contribution in [1.82, 2.24) is 4.98 Å². The molecule has 1 aromatic heterocycles. The summed E-state index contributed by atoms with van der Waals surface area (Å²) in [5.41, 5.74) is 0.696. The third-order valence-corrected chi connectivity index (χ3v) is 3.02. The van der Waals surface area contributed by atoms with Crippen molar-refractivity contribution in [2.24, 2.45) is 0 Å². The van der Waals surface area contributed by atoms with Gasteiger partial charge in [-0.2, -0.15) is 0 Å². The number of nitrogens with zero attached hydrogens (tertiary/aromatic N) is 1. The van der Waals surface area contributed by atoms with Crippen LogP contribution in [0, 0.1) is 6.92 Å². The Bertz CT molecular complexity index is 385. The second-order valence-corrected chi connectivity index (χ2v) is 4.00. The minimum absolute atomic E-state index is 0.0453. The van der Waals surface area contributed by atoms with Crippen molar-refractivity contribution in [3.63, 3.8) is 0 Å². The van der Waals surface area contributed by atoms with E-state index >= 15 is 0 Å². The van der Waals surface area contributed by atoms with E-state index < -0.39 is 11.9 Å². The summed E-state index contributed by atoms with van der Waals surface area (Å²) in [5.74, 6) is -1.34. The first kappa shape index (κ1) is 11.6. The van der Waals surface area contributed by atoms with Crippen molar-refractivity contribution in [2.75, 3.05) is 7.11 Å². The highest BCUT2D eigenvalue weighted by Gasteiger charge is 2.15. The average Bonchev–Trinajstić information content (AvgIpc) is 2.55. The number of carboxylic acid groups (broad SMARTS) is 1. The van der Waals surface area contributed by atoms with Crippen LogP contribution < -0.4 is 0 Å². The van der Waals surface area contributed by atoms with E-state index in [0.717, 1.165) is 4.88 Å². The number of esters is 1. The zero-order valence-electron chi connectivity index (χ0n) is 8.44. The van der Waals surface area contributed by atoms with Crippen LogP contribution in [-0.2, 0) is 16.0 Å². The molecule has 1 N–H and O–H groups in total. The summed E-state index contributed by atoms with van der Waals surface area (Å²) in [7, 11) is 1.29. The average molecular weight is 229 g/mol. The Labute approximate surface area is 90.7 Å². The topological polar surface area (TPSA) is 76.5 Å². The zero-order valence-corrected chi connectivity index (χ0v) is 9.26. The van der Waals surface area contributed by atoms with Gasteiger partial charge in [-0.15, -0.1) is 11.3 Å². The number of ether oxygens (including phenoxy) is 1. The van der Waals surface area contributed by atoms with Crippen LogP contribution >= 0.6 is 11.3 Å². The lowest BCUT2D eigenvalue weighted by atomic mass is 10.2. The van der Waals surface area contributed by atoms with Crippen molar-refractivity contribution in [2.45, 2.75) is 19.8 Å². The number of methoxy groups -OCH3 is 1. The van der Waals surface area contributed by atoms with E-state index in [0.29, 0.717) is 12.1 Å². The predicted molar refractivity (Wildman–Crippen MR) is 54.1 cm³/mol. The summed E-state index contributed by atoms with van der Waals surface area (Å²) in [6, 6.07) is 0. The number of aliphatic carboxylic acids is 1. The van der Waals surface area contributed by atoms with E-state index in [2.05, 4.69) is 9.72 Å². The lowest BCUT2D eigenvalue weighted by molar-refractivity contribution is -0.136. The fourth-order valence-electron chi connectivity index (χ4n) is 1.06. The van der Waals surface area contributed by atoms with Gasteiger partial charge in [0.05, 0.1) is 19.2 Å². The van der Waals surface area contributed by atoms with Crippen LogP contribution in [-0.4, -0.2) is 29.1 Å². The highest BCUT2D eigenvalue weighted by molar-refractivity contribution is 7.13. The van der Waals surface area contributed by atoms with Crippen molar-refractivity contribution >= 4 is 23.3 Å². The van der Waals surface area contributed by atoms with Crippen molar-refractivity contribution < 1.29 is 19.4 Å². The van der Waals surface area contributed by atoms with Gasteiger partial charge in [-0.05, 0) is 13.3 Å². The maximum Gasteiger partial charge on any atom is 0.367 e. The molecule has 0 unspecified atom stereocenters. The predicted octanol–water partition coefficient (Wildman–Crippen LogP) is 1.26. The quantitative estimate of drug-likeness (QED) is 0.786. The van der Waals surface area contributed by atoms with Crippen LogP contribution in [0.4, 0.5) is 0 Å². The standard InChI is InChI=1S/C9H11NO4S/c1-5-6(3-4-7(11)12)15-8(10-5)9(13)14-2/h3-4H2,1-2H3,(H,11,12). The Morgan fingerprint density at radius 1 is 1.53 bits per heavy atom. The molecule has 1 heterocycles. The van der Waals surface area contributed by atoms with Gasteiger partial charge >= 0.3 is 11.9 Å². The minimum Gasteiger partial charge on any atom is -0.481 e. The van der Waals surface area contributed by atoms with Crippen LogP contribution in [0.3, 0.4) is 0 Å². The molecular formula is C9H11NO4S. The third kappa shape index (κ3) is 3.02.